The highest BCUT2D eigenvalue weighted by molar-refractivity contribution is 5.49. The molecule has 1 aromatic rings. The number of rotatable bonds is 8. The Labute approximate surface area is 125 Å². The van der Waals surface area contributed by atoms with Crippen LogP contribution in [0.25, 0.3) is 0 Å². The molecule has 1 rings (SSSR count). The van der Waals surface area contributed by atoms with Gasteiger partial charge >= 0.3 is 0 Å². The molecule has 0 aliphatic heterocycles. The minimum Gasteiger partial charge on any atom is -0.369 e. The Bertz CT molecular complexity index is 381. The van der Waals surface area contributed by atoms with Crippen LogP contribution in [-0.4, -0.2) is 19.1 Å². The SMILES string of the molecule is CCCNC(CC)c1ccc(N(C)C(C)(C)CC)cc1. The Kier molecular flexibility index (Phi) is 6.54. The molecule has 0 fully saturated rings. The number of anilines is 1. The fraction of sp³-hybridized carbons (Fsp3) is 0.667. The molecule has 0 amide bonds. The van der Waals surface area contributed by atoms with E-state index in [1.54, 1.807) is 0 Å². The van der Waals surface area contributed by atoms with Crippen molar-refractivity contribution < 1.29 is 0 Å². The van der Waals surface area contributed by atoms with Crippen LogP contribution in [-0.2, 0) is 0 Å². The molecule has 114 valence electrons. The van der Waals surface area contributed by atoms with Crippen molar-refractivity contribution in [3.8, 4) is 0 Å². The number of hydrogen-bond donors (Lipinski definition) is 1. The second-order valence-corrected chi connectivity index (χ2v) is 6.23. The minimum atomic E-state index is 0.201. The molecule has 0 aliphatic rings. The molecule has 0 heterocycles. The maximum atomic E-state index is 3.61. The summed E-state index contributed by atoms with van der Waals surface area (Å²) in [5, 5.41) is 3.61. The van der Waals surface area contributed by atoms with Gasteiger partial charge in [-0.25, -0.2) is 0 Å². The normalized spacial score (nSPS) is 13.3. The Morgan fingerprint density at radius 3 is 2.15 bits per heavy atom. The van der Waals surface area contributed by atoms with Gasteiger partial charge in [0.2, 0.25) is 0 Å². The second-order valence-electron chi connectivity index (χ2n) is 6.23. The molecule has 2 nitrogen and oxygen atoms in total. The van der Waals surface area contributed by atoms with Crippen LogP contribution in [0.4, 0.5) is 5.69 Å². The first kappa shape index (κ1) is 17.0. The van der Waals surface area contributed by atoms with Crippen LogP contribution in [0.5, 0.6) is 0 Å². The Morgan fingerprint density at radius 2 is 1.70 bits per heavy atom. The van der Waals surface area contributed by atoms with E-state index in [1.807, 2.05) is 0 Å². The van der Waals surface area contributed by atoms with Crippen LogP contribution >= 0.6 is 0 Å². The molecule has 0 aliphatic carbocycles. The summed E-state index contributed by atoms with van der Waals surface area (Å²) in [7, 11) is 2.19. The number of hydrogen-bond acceptors (Lipinski definition) is 2. The summed E-state index contributed by atoms with van der Waals surface area (Å²) >= 11 is 0. The van der Waals surface area contributed by atoms with Crippen LogP contribution in [0.1, 0.15) is 65.5 Å². The van der Waals surface area contributed by atoms with Gasteiger partial charge in [0.15, 0.2) is 0 Å². The van der Waals surface area contributed by atoms with Crippen molar-refractivity contribution in [2.45, 2.75) is 65.5 Å². The smallest absolute Gasteiger partial charge is 0.0368 e. The van der Waals surface area contributed by atoms with E-state index in [0.717, 1.165) is 19.4 Å². The first-order valence-corrected chi connectivity index (χ1v) is 8.03. The lowest BCUT2D eigenvalue weighted by Crippen LogP contribution is -2.40. The van der Waals surface area contributed by atoms with Crippen LogP contribution in [0.15, 0.2) is 24.3 Å². The van der Waals surface area contributed by atoms with E-state index in [4.69, 9.17) is 0 Å². The van der Waals surface area contributed by atoms with Crippen LogP contribution in [0.3, 0.4) is 0 Å². The summed E-state index contributed by atoms with van der Waals surface area (Å²) in [5.41, 5.74) is 2.89. The van der Waals surface area contributed by atoms with Gasteiger partial charge in [-0.3, -0.25) is 0 Å². The number of nitrogens with one attached hydrogen (secondary N) is 1. The van der Waals surface area contributed by atoms with Crippen LogP contribution in [0, 0.1) is 0 Å². The summed E-state index contributed by atoms with van der Waals surface area (Å²) in [5.74, 6) is 0. The third kappa shape index (κ3) is 4.24. The van der Waals surface area contributed by atoms with E-state index >= 15 is 0 Å². The van der Waals surface area contributed by atoms with E-state index in [0.29, 0.717) is 6.04 Å². The zero-order valence-corrected chi connectivity index (χ0v) is 14.2. The number of nitrogens with zero attached hydrogens (tertiary/aromatic N) is 1. The van der Waals surface area contributed by atoms with E-state index in [-0.39, 0.29) is 5.54 Å². The number of benzene rings is 1. The van der Waals surface area contributed by atoms with Crippen molar-refractivity contribution in [2.24, 2.45) is 0 Å². The standard InChI is InChI=1S/C18H32N2/c1-7-14-19-17(8-2)15-10-12-16(13-11-15)20(6)18(4,5)9-3/h10-13,17,19H,7-9,14H2,1-6H3. The molecule has 1 unspecified atom stereocenters. The average molecular weight is 276 g/mol. The topological polar surface area (TPSA) is 15.3 Å². The first-order chi connectivity index (χ1) is 9.46. The van der Waals surface area contributed by atoms with Gasteiger partial charge in [-0.15, -0.1) is 0 Å². The molecule has 20 heavy (non-hydrogen) atoms. The van der Waals surface area contributed by atoms with Crippen LogP contribution in [0.2, 0.25) is 0 Å². The molecule has 1 aromatic carbocycles. The summed E-state index contributed by atoms with van der Waals surface area (Å²) in [4.78, 5) is 2.37. The minimum absolute atomic E-state index is 0.201. The molecule has 0 bridgehead atoms. The van der Waals surface area contributed by atoms with Crippen molar-refractivity contribution >= 4 is 5.69 Å². The van der Waals surface area contributed by atoms with E-state index < -0.39 is 0 Å². The van der Waals surface area contributed by atoms with Gasteiger partial charge in [-0.2, -0.15) is 0 Å². The Hall–Kier alpha value is -1.02. The van der Waals surface area contributed by atoms with Gasteiger partial charge in [0.25, 0.3) is 0 Å². The highest BCUT2D eigenvalue weighted by atomic mass is 15.2. The monoisotopic (exact) mass is 276 g/mol. The largest absolute Gasteiger partial charge is 0.369 e. The molecule has 0 saturated carbocycles. The molecule has 0 radical (unpaired) electrons. The summed E-state index contributed by atoms with van der Waals surface area (Å²) < 4.78 is 0. The van der Waals surface area contributed by atoms with Crippen molar-refractivity contribution in [1.82, 2.24) is 5.32 Å². The summed E-state index contributed by atoms with van der Waals surface area (Å²) in [6.07, 6.45) is 3.46. The van der Waals surface area contributed by atoms with Crippen LogP contribution < -0.4 is 10.2 Å². The predicted octanol–water partition coefficient (Wildman–Crippen LogP) is 4.76. The third-order valence-electron chi connectivity index (χ3n) is 4.50. The van der Waals surface area contributed by atoms with Gasteiger partial charge in [0.05, 0.1) is 0 Å². The summed E-state index contributed by atoms with van der Waals surface area (Å²) in [6.45, 7) is 12.4. The fourth-order valence-corrected chi connectivity index (χ4v) is 2.33. The highest BCUT2D eigenvalue weighted by Gasteiger charge is 2.21. The molecule has 0 aromatic heterocycles. The molecule has 2 heteroatoms. The molecule has 0 spiro atoms. The predicted molar refractivity (Wildman–Crippen MR) is 90.5 cm³/mol. The van der Waals surface area contributed by atoms with E-state index in [2.05, 4.69) is 76.1 Å². The van der Waals surface area contributed by atoms with Crippen molar-refractivity contribution in [3.05, 3.63) is 29.8 Å². The zero-order valence-electron chi connectivity index (χ0n) is 14.2. The average Bonchev–Trinajstić information content (AvgIpc) is 2.48. The zero-order chi connectivity index (χ0) is 15.2. The van der Waals surface area contributed by atoms with Gasteiger partial charge in [-0.05, 0) is 57.4 Å². The maximum absolute atomic E-state index is 3.61. The lowest BCUT2D eigenvalue weighted by molar-refractivity contribution is 0.470. The lowest BCUT2D eigenvalue weighted by atomic mass is 9.98. The van der Waals surface area contributed by atoms with Gasteiger partial charge in [0.1, 0.15) is 0 Å². The third-order valence-corrected chi connectivity index (χ3v) is 4.50. The van der Waals surface area contributed by atoms with Gasteiger partial charge in [-0.1, -0.05) is 32.9 Å². The second kappa shape index (κ2) is 7.68. The van der Waals surface area contributed by atoms with E-state index in [1.165, 1.54) is 17.7 Å². The van der Waals surface area contributed by atoms with Gasteiger partial charge in [0, 0.05) is 24.3 Å². The maximum Gasteiger partial charge on any atom is 0.0368 e. The Morgan fingerprint density at radius 1 is 1.10 bits per heavy atom. The molecule has 1 N–H and O–H groups in total. The summed E-state index contributed by atoms with van der Waals surface area (Å²) in [6, 6.07) is 9.53. The van der Waals surface area contributed by atoms with Gasteiger partial charge < -0.3 is 10.2 Å². The highest BCUT2D eigenvalue weighted by Crippen LogP contribution is 2.26. The van der Waals surface area contributed by atoms with Crippen molar-refractivity contribution in [1.29, 1.82) is 0 Å². The molecular weight excluding hydrogens is 244 g/mol. The fourth-order valence-electron chi connectivity index (χ4n) is 2.33. The van der Waals surface area contributed by atoms with E-state index in [9.17, 15) is 0 Å². The van der Waals surface area contributed by atoms with Crippen molar-refractivity contribution in [2.75, 3.05) is 18.5 Å². The molecular formula is C18H32N2. The quantitative estimate of drug-likeness (QED) is 0.736. The Balaban J connectivity index is 2.82. The first-order valence-electron chi connectivity index (χ1n) is 8.03. The molecule has 1 atom stereocenters. The molecule has 0 saturated heterocycles. The van der Waals surface area contributed by atoms with Crippen molar-refractivity contribution in [3.63, 3.8) is 0 Å². The lowest BCUT2D eigenvalue weighted by Gasteiger charge is -2.37.